The lowest BCUT2D eigenvalue weighted by Gasteiger charge is -2.26. The number of nitrogens with one attached hydrogen (secondary N) is 1. The van der Waals surface area contributed by atoms with E-state index in [1.165, 1.54) is 20.3 Å². The molecule has 1 heterocycles. The molecule has 1 aliphatic carbocycles. The van der Waals surface area contributed by atoms with Gasteiger partial charge in [0.2, 0.25) is 5.78 Å². The van der Waals surface area contributed by atoms with Gasteiger partial charge in [0, 0.05) is 40.2 Å². The summed E-state index contributed by atoms with van der Waals surface area (Å²) in [6.45, 7) is 0.748. The van der Waals surface area contributed by atoms with Crippen LogP contribution in [-0.4, -0.2) is 39.4 Å². The lowest BCUT2D eigenvalue weighted by Crippen LogP contribution is -2.21. The fraction of sp³-hybridized carbons (Fsp3) is 0.263. The van der Waals surface area contributed by atoms with Crippen molar-refractivity contribution >= 4 is 28.0 Å². The quantitative estimate of drug-likeness (QED) is 0.927. The van der Waals surface area contributed by atoms with Crippen molar-refractivity contribution < 1.29 is 23.8 Å². The molecule has 1 aliphatic heterocycles. The fourth-order valence-electron chi connectivity index (χ4n) is 3.65. The summed E-state index contributed by atoms with van der Waals surface area (Å²) >= 11 is 0. The van der Waals surface area contributed by atoms with E-state index in [4.69, 9.17) is 14.2 Å². The summed E-state index contributed by atoms with van der Waals surface area (Å²) in [5.74, 6) is 0.430. The molecule has 1 N–H and O–H groups in total. The van der Waals surface area contributed by atoms with Crippen LogP contribution in [0.15, 0.2) is 24.0 Å². The Morgan fingerprint density at radius 1 is 1.00 bits per heavy atom. The number of carbonyl (C=O) groups is 2. The average Bonchev–Trinajstić information content (AvgIpc) is 2.64. The highest BCUT2D eigenvalue weighted by Crippen LogP contribution is 2.46. The standard InChI is InChI=1S/C19H17NO5/c1-23-13-8-12(21)10-7-11-15-9(4-5-20-11)6-14(24-2)19(25-3)17(15)16(10)18(13)22/h6-8,20H,4-5H2,1-3H3. The van der Waals surface area contributed by atoms with Gasteiger partial charge in [0.15, 0.2) is 23.0 Å². The lowest BCUT2D eigenvalue weighted by atomic mass is 9.84. The number of anilines is 1. The van der Waals surface area contributed by atoms with Gasteiger partial charge in [-0.25, -0.2) is 0 Å². The maximum atomic E-state index is 12.9. The Morgan fingerprint density at radius 3 is 2.48 bits per heavy atom. The highest BCUT2D eigenvalue weighted by atomic mass is 16.5. The van der Waals surface area contributed by atoms with Crippen molar-refractivity contribution in [1.82, 2.24) is 0 Å². The molecule has 0 fully saturated rings. The first-order valence-electron chi connectivity index (χ1n) is 7.93. The molecule has 2 aromatic carbocycles. The molecule has 0 aromatic heterocycles. The van der Waals surface area contributed by atoms with E-state index >= 15 is 0 Å². The second-order valence-electron chi connectivity index (χ2n) is 5.95. The van der Waals surface area contributed by atoms with Crippen molar-refractivity contribution in [1.29, 1.82) is 0 Å². The normalized spacial score (nSPS) is 15.4. The molecule has 25 heavy (non-hydrogen) atoms. The number of carbonyl (C=O) groups excluding carboxylic acids is 2. The van der Waals surface area contributed by atoms with E-state index < -0.39 is 0 Å². The van der Waals surface area contributed by atoms with Crippen LogP contribution in [0.3, 0.4) is 0 Å². The summed E-state index contributed by atoms with van der Waals surface area (Å²) < 4.78 is 16.2. The summed E-state index contributed by atoms with van der Waals surface area (Å²) in [4.78, 5) is 25.5. The molecule has 0 atom stereocenters. The van der Waals surface area contributed by atoms with E-state index in [0.29, 0.717) is 28.0 Å². The molecule has 6 heteroatoms. The van der Waals surface area contributed by atoms with E-state index in [1.807, 2.05) is 6.07 Å². The zero-order chi connectivity index (χ0) is 17.7. The molecule has 0 unspecified atom stereocenters. The van der Waals surface area contributed by atoms with Gasteiger partial charge in [-0.05, 0) is 24.1 Å². The number of benzene rings is 2. The van der Waals surface area contributed by atoms with Crippen LogP contribution in [0.2, 0.25) is 0 Å². The Balaban J connectivity index is 2.21. The fourth-order valence-corrected chi connectivity index (χ4v) is 3.65. The lowest BCUT2D eigenvalue weighted by molar-refractivity contribution is 0.0918. The third-order valence-corrected chi connectivity index (χ3v) is 4.74. The van der Waals surface area contributed by atoms with Crippen LogP contribution in [-0.2, 0) is 11.2 Å². The molecule has 128 valence electrons. The molecule has 2 aliphatic rings. The van der Waals surface area contributed by atoms with Crippen molar-refractivity contribution in [2.45, 2.75) is 6.42 Å². The maximum absolute atomic E-state index is 12.9. The summed E-state index contributed by atoms with van der Waals surface area (Å²) in [6.07, 6.45) is 2.03. The minimum Gasteiger partial charge on any atom is -0.493 e. The molecule has 0 bridgehead atoms. The number of rotatable bonds is 3. The van der Waals surface area contributed by atoms with Crippen LogP contribution in [0, 0.1) is 0 Å². The van der Waals surface area contributed by atoms with Gasteiger partial charge in [-0.2, -0.15) is 0 Å². The number of Topliss-reactive ketones (excluding diaryl/α,β-unsaturated/α-hetero) is 1. The predicted molar refractivity (Wildman–Crippen MR) is 93.0 cm³/mol. The van der Waals surface area contributed by atoms with Crippen molar-refractivity contribution in [2.75, 3.05) is 33.2 Å². The summed E-state index contributed by atoms with van der Waals surface area (Å²) in [6, 6.07) is 3.68. The topological polar surface area (TPSA) is 73.9 Å². The Hall–Kier alpha value is -3.02. The van der Waals surface area contributed by atoms with E-state index in [2.05, 4.69) is 5.32 Å². The van der Waals surface area contributed by atoms with Gasteiger partial charge in [0.25, 0.3) is 0 Å². The molecule has 4 rings (SSSR count). The zero-order valence-electron chi connectivity index (χ0n) is 14.2. The van der Waals surface area contributed by atoms with E-state index in [9.17, 15) is 9.59 Å². The van der Waals surface area contributed by atoms with Crippen LogP contribution in [0.1, 0.15) is 26.3 Å². The van der Waals surface area contributed by atoms with Crippen LogP contribution >= 0.6 is 0 Å². The number of allylic oxidation sites excluding steroid dienone is 2. The van der Waals surface area contributed by atoms with Gasteiger partial charge in [-0.3, -0.25) is 9.59 Å². The smallest absolute Gasteiger partial charge is 0.229 e. The van der Waals surface area contributed by atoms with E-state index in [1.54, 1.807) is 13.2 Å². The largest absolute Gasteiger partial charge is 0.493 e. The molecule has 0 spiro atoms. The first-order valence-corrected chi connectivity index (χ1v) is 7.93. The third-order valence-electron chi connectivity index (χ3n) is 4.74. The first-order chi connectivity index (χ1) is 12.1. The van der Waals surface area contributed by atoms with Crippen LogP contribution in [0.25, 0.3) is 10.8 Å². The third kappa shape index (κ3) is 2.03. The van der Waals surface area contributed by atoms with E-state index in [0.717, 1.165) is 29.6 Å². The Labute approximate surface area is 144 Å². The average molecular weight is 339 g/mol. The van der Waals surface area contributed by atoms with Crippen molar-refractivity contribution in [3.8, 4) is 11.5 Å². The molecule has 0 radical (unpaired) electrons. The van der Waals surface area contributed by atoms with Crippen LogP contribution in [0.4, 0.5) is 5.69 Å². The van der Waals surface area contributed by atoms with Crippen molar-refractivity contribution in [3.63, 3.8) is 0 Å². The van der Waals surface area contributed by atoms with Crippen molar-refractivity contribution in [2.24, 2.45) is 0 Å². The highest BCUT2D eigenvalue weighted by Gasteiger charge is 2.33. The molecular weight excluding hydrogens is 322 g/mol. The van der Waals surface area contributed by atoms with E-state index in [-0.39, 0.29) is 17.3 Å². The second kappa shape index (κ2) is 5.51. The van der Waals surface area contributed by atoms with Gasteiger partial charge in [-0.1, -0.05) is 0 Å². The Kier molecular flexibility index (Phi) is 3.42. The first kappa shape index (κ1) is 15.5. The van der Waals surface area contributed by atoms with Gasteiger partial charge in [0.05, 0.1) is 21.3 Å². The minimum absolute atomic E-state index is 0.0305. The van der Waals surface area contributed by atoms with Gasteiger partial charge in [0.1, 0.15) is 0 Å². The maximum Gasteiger partial charge on any atom is 0.229 e. The monoisotopic (exact) mass is 339 g/mol. The Morgan fingerprint density at radius 2 is 1.80 bits per heavy atom. The number of hydrogen-bond donors (Lipinski definition) is 1. The molecule has 0 saturated heterocycles. The SMILES string of the molecule is COC1=CC(=O)c2cc3c4c(cc(OC)c(OC)c4c2C1=O)CCN3. The zero-order valence-corrected chi connectivity index (χ0v) is 14.2. The summed E-state index contributed by atoms with van der Waals surface area (Å²) in [5, 5.41) is 4.80. The van der Waals surface area contributed by atoms with Crippen LogP contribution < -0.4 is 14.8 Å². The highest BCUT2D eigenvalue weighted by molar-refractivity contribution is 6.30. The number of fused-ring (bicyclic) bond motifs is 2. The molecule has 6 nitrogen and oxygen atoms in total. The molecule has 0 amide bonds. The predicted octanol–water partition coefficient (Wildman–Crippen LogP) is 2.73. The second-order valence-corrected chi connectivity index (χ2v) is 5.95. The van der Waals surface area contributed by atoms with Crippen molar-refractivity contribution in [3.05, 3.63) is 40.7 Å². The summed E-state index contributed by atoms with van der Waals surface area (Å²) in [7, 11) is 4.46. The number of hydrogen-bond acceptors (Lipinski definition) is 6. The number of methoxy groups -OCH3 is 3. The molecular formula is C19H17NO5. The van der Waals surface area contributed by atoms with Crippen LogP contribution in [0.5, 0.6) is 11.5 Å². The minimum atomic E-state index is -0.327. The number of ether oxygens (including phenoxy) is 3. The molecule has 2 aromatic rings. The summed E-state index contributed by atoms with van der Waals surface area (Å²) in [5.41, 5.74) is 2.54. The van der Waals surface area contributed by atoms with Gasteiger partial charge < -0.3 is 19.5 Å². The number of ketones is 2. The Bertz CT molecular complexity index is 974. The van der Waals surface area contributed by atoms with Gasteiger partial charge in [-0.15, -0.1) is 0 Å². The van der Waals surface area contributed by atoms with Gasteiger partial charge >= 0.3 is 0 Å². The molecule has 0 saturated carbocycles.